The lowest BCUT2D eigenvalue weighted by Crippen LogP contribution is -2.27. The van der Waals surface area contributed by atoms with Crippen LogP contribution in [0.15, 0.2) is 42.5 Å². The minimum Gasteiger partial charge on any atom is -0.365 e. The number of nitrogens with two attached hydrogens (primary N) is 1. The number of nitrogens with one attached hydrogen (secondary N) is 3. The molecule has 2 heterocycles. The molecular weight excluding hydrogens is 451 g/mol. The number of nitrogens with zero attached hydrogens (tertiary/aromatic N) is 3. The van der Waals surface area contributed by atoms with Crippen molar-refractivity contribution in [2.75, 3.05) is 15.8 Å². The van der Waals surface area contributed by atoms with Crippen LogP contribution < -0.4 is 15.8 Å². The van der Waals surface area contributed by atoms with Gasteiger partial charge in [0, 0.05) is 11.3 Å². The summed E-state index contributed by atoms with van der Waals surface area (Å²) in [5, 5.41) is 18.3. The summed E-state index contributed by atoms with van der Waals surface area (Å²) in [6, 6.07) is 11.7. The van der Waals surface area contributed by atoms with Crippen LogP contribution in [0.5, 0.6) is 0 Å². The first-order chi connectivity index (χ1) is 15.0. The molecule has 32 heavy (non-hydrogen) atoms. The van der Waals surface area contributed by atoms with Gasteiger partial charge < -0.3 is 11.1 Å². The van der Waals surface area contributed by atoms with Gasteiger partial charge in [-0.05, 0) is 24.3 Å². The Kier molecular flexibility index (Phi) is 6.03. The molecule has 3 aromatic rings. The third-order valence-electron chi connectivity index (χ3n) is 3.92. The van der Waals surface area contributed by atoms with Gasteiger partial charge in [-0.2, -0.15) is 23.5 Å². The van der Waals surface area contributed by atoms with Crippen LogP contribution in [0.1, 0.15) is 16.1 Å². The second-order valence-electron chi connectivity index (χ2n) is 6.39. The summed E-state index contributed by atoms with van der Waals surface area (Å²) in [4.78, 5) is 16.0. The van der Waals surface area contributed by atoms with Crippen LogP contribution in [0.4, 0.5) is 30.5 Å². The molecule has 0 saturated carbocycles. The number of H-pyrrole nitrogens is 1. The van der Waals surface area contributed by atoms with Crippen molar-refractivity contribution in [2.24, 2.45) is 5.73 Å². The fraction of sp³-hybridized carbons (Fsp3) is 0.111. The lowest BCUT2D eigenvalue weighted by atomic mass is 10.1. The van der Waals surface area contributed by atoms with Crippen LogP contribution in [-0.4, -0.2) is 41.4 Å². The molecule has 10 nitrogen and oxygen atoms in total. The highest BCUT2D eigenvalue weighted by Crippen LogP contribution is 2.29. The molecule has 0 atom stereocenters. The fourth-order valence-electron chi connectivity index (χ4n) is 2.71. The summed E-state index contributed by atoms with van der Waals surface area (Å²) < 4.78 is 62.1. The third-order valence-corrected chi connectivity index (χ3v) is 5.18. The molecule has 0 aliphatic rings. The molecule has 0 radical (unpaired) electrons. The number of carbonyl (C=O) groups is 1. The Labute approximate surface area is 179 Å². The molecule has 14 heteroatoms. The van der Waals surface area contributed by atoms with E-state index in [1.165, 1.54) is 30.3 Å². The third kappa shape index (κ3) is 5.52. The molecule has 166 valence electrons. The smallest absolute Gasteiger partial charge is 0.365 e. The number of halogens is 3. The lowest BCUT2D eigenvalue weighted by Gasteiger charge is -2.10. The molecule has 5 N–H and O–H groups in total. The van der Waals surface area contributed by atoms with Gasteiger partial charge in [0.25, 0.3) is 5.91 Å². The fourth-order valence-corrected chi connectivity index (χ4v) is 3.70. The predicted octanol–water partition coefficient (Wildman–Crippen LogP) is 2.49. The number of aromatic amines is 1. The van der Waals surface area contributed by atoms with Gasteiger partial charge in [-0.25, -0.2) is 13.4 Å². The number of benzene rings is 1. The van der Waals surface area contributed by atoms with Gasteiger partial charge in [-0.15, -0.1) is 0 Å². The molecule has 3 rings (SSSR count). The molecule has 2 aromatic heterocycles. The molecule has 0 bridgehead atoms. The number of hydrogen-bond donors (Lipinski definition) is 4. The maximum atomic E-state index is 12.4. The van der Waals surface area contributed by atoms with Crippen molar-refractivity contribution in [3.63, 3.8) is 0 Å². The van der Waals surface area contributed by atoms with Crippen molar-refractivity contribution in [2.45, 2.75) is 6.18 Å². The number of anilines is 3. The van der Waals surface area contributed by atoms with E-state index in [9.17, 15) is 26.4 Å². The van der Waals surface area contributed by atoms with Gasteiger partial charge in [0.15, 0.2) is 11.6 Å². The summed E-state index contributed by atoms with van der Waals surface area (Å²) in [6.07, 6.45) is -4.89. The summed E-state index contributed by atoms with van der Waals surface area (Å²) in [6.45, 7) is 0. The summed E-state index contributed by atoms with van der Waals surface area (Å²) in [7, 11) is -4.64. The first-order valence-corrected chi connectivity index (χ1v) is 10.3. The standard InChI is InChI=1S/C18H14F3N7O3S/c19-18(20,21)9-32(30,31)28-11-6-4-10(5-7-11)15-14(16(23)29)17(27-26-15)25-13-3-1-2-12(8-22)24-13/h1-7,28H,9H2,(H2,23,29)(H2,24,25,26,27). The Morgan fingerprint density at radius 2 is 1.88 bits per heavy atom. The molecule has 0 fully saturated rings. The van der Waals surface area contributed by atoms with Gasteiger partial charge in [0.2, 0.25) is 10.0 Å². The van der Waals surface area contributed by atoms with E-state index < -0.39 is 27.9 Å². The van der Waals surface area contributed by atoms with Gasteiger partial charge >= 0.3 is 6.18 Å². The number of alkyl halides is 3. The average molecular weight is 465 g/mol. The SMILES string of the molecule is N#Cc1cccc(Nc2n[nH]c(-c3ccc(NS(=O)(=O)CC(F)(F)F)cc3)c2C(N)=O)n1. The number of amides is 1. The van der Waals surface area contributed by atoms with Crippen molar-refractivity contribution in [1.29, 1.82) is 5.26 Å². The monoisotopic (exact) mass is 465 g/mol. The average Bonchev–Trinajstić information content (AvgIpc) is 3.10. The van der Waals surface area contributed by atoms with Gasteiger partial charge in [0.1, 0.15) is 23.1 Å². The van der Waals surface area contributed by atoms with E-state index in [-0.39, 0.29) is 34.3 Å². The quantitative estimate of drug-likeness (QED) is 0.416. The molecule has 0 saturated heterocycles. The minimum atomic E-state index is -4.89. The highest BCUT2D eigenvalue weighted by Gasteiger charge is 2.35. The topological polar surface area (TPSA) is 167 Å². The summed E-state index contributed by atoms with van der Waals surface area (Å²) in [5.41, 5.74) is 6.00. The van der Waals surface area contributed by atoms with Crippen molar-refractivity contribution in [3.05, 3.63) is 53.7 Å². The van der Waals surface area contributed by atoms with Crippen LogP contribution >= 0.6 is 0 Å². The van der Waals surface area contributed by atoms with Crippen LogP contribution in [0.3, 0.4) is 0 Å². The number of pyridine rings is 1. The molecule has 0 aliphatic heterocycles. The minimum absolute atomic E-state index is 0.0325. The highest BCUT2D eigenvalue weighted by molar-refractivity contribution is 7.92. The van der Waals surface area contributed by atoms with Gasteiger partial charge in [-0.3, -0.25) is 14.6 Å². The van der Waals surface area contributed by atoms with E-state index in [2.05, 4.69) is 20.5 Å². The van der Waals surface area contributed by atoms with Crippen LogP contribution in [0.25, 0.3) is 11.3 Å². The molecule has 1 aromatic carbocycles. The number of nitriles is 1. The molecule has 0 aliphatic carbocycles. The Balaban J connectivity index is 1.87. The van der Waals surface area contributed by atoms with Gasteiger partial charge in [-0.1, -0.05) is 18.2 Å². The number of aromatic nitrogens is 3. The molecular formula is C18H14F3N7O3S. The van der Waals surface area contributed by atoms with E-state index in [1.807, 2.05) is 10.8 Å². The second kappa shape index (κ2) is 8.55. The zero-order chi connectivity index (χ0) is 23.5. The van der Waals surface area contributed by atoms with E-state index in [0.29, 0.717) is 5.56 Å². The lowest BCUT2D eigenvalue weighted by molar-refractivity contribution is -0.106. The first kappa shape index (κ1) is 22.6. The van der Waals surface area contributed by atoms with Gasteiger partial charge in [0.05, 0.1) is 5.69 Å². The molecule has 1 amide bonds. The van der Waals surface area contributed by atoms with Crippen LogP contribution in [-0.2, 0) is 10.0 Å². The van der Waals surface area contributed by atoms with E-state index >= 15 is 0 Å². The zero-order valence-corrected chi connectivity index (χ0v) is 16.8. The highest BCUT2D eigenvalue weighted by atomic mass is 32.2. The Hall–Kier alpha value is -4.12. The molecule has 0 spiro atoms. The number of hydrogen-bond acceptors (Lipinski definition) is 7. The maximum Gasteiger partial charge on any atom is 0.404 e. The van der Waals surface area contributed by atoms with Crippen LogP contribution in [0, 0.1) is 11.3 Å². The predicted molar refractivity (Wildman–Crippen MR) is 108 cm³/mol. The maximum absolute atomic E-state index is 12.4. The van der Waals surface area contributed by atoms with E-state index in [0.717, 1.165) is 0 Å². The van der Waals surface area contributed by atoms with Crippen molar-refractivity contribution in [1.82, 2.24) is 15.2 Å². The van der Waals surface area contributed by atoms with E-state index in [1.54, 1.807) is 12.1 Å². The van der Waals surface area contributed by atoms with E-state index in [4.69, 9.17) is 11.0 Å². The number of sulfonamides is 1. The van der Waals surface area contributed by atoms with Crippen molar-refractivity contribution in [3.8, 4) is 17.3 Å². The Bertz CT molecular complexity index is 1300. The number of primary amides is 1. The second-order valence-corrected chi connectivity index (χ2v) is 8.11. The molecule has 0 unspecified atom stereocenters. The summed E-state index contributed by atoms with van der Waals surface area (Å²) >= 11 is 0. The van der Waals surface area contributed by atoms with Crippen molar-refractivity contribution >= 4 is 33.3 Å². The zero-order valence-electron chi connectivity index (χ0n) is 15.9. The normalized spacial score (nSPS) is 11.6. The largest absolute Gasteiger partial charge is 0.404 e. The Morgan fingerprint density at radius 3 is 2.47 bits per heavy atom. The van der Waals surface area contributed by atoms with Crippen molar-refractivity contribution < 1.29 is 26.4 Å². The number of carbonyl (C=O) groups excluding carboxylic acids is 1. The first-order valence-electron chi connectivity index (χ1n) is 8.67. The Morgan fingerprint density at radius 1 is 1.19 bits per heavy atom. The summed E-state index contributed by atoms with van der Waals surface area (Å²) in [5.74, 6) is -2.60. The van der Waals surface area contributed by atoms with Crippen LogP contribution in [0.2, 0.25) is 0 Å². The number of rotatable bonds is 7.